The van der Waals surface area contributed by atoms with Gasteiger partial charge in [-0.25, -0.2) is 4.98 Å². The van der Waals surface area contributed by atoms with Crippen molar-refractivity contribution in [1.29, 1.82) is 0 Å². The lowest BCUT2D eigenvalue weighted by atomic mass is 10.0. The normalized spacial score (nSPS) is 11.7. The third-order valence-electron chi connectivity index (χ3n) is 5.87. The number of benzene rings is 3. The molecule has 4 rings (SSSR count). The molecule has 174 valence electrons. The molecule has 4 aromatic rings. The van der Waals surface area contributed by atoms with Crippen molar-refractivity contribution >= 4 is 5.91 Å². The zero-order chi connectivity index (χ0) is 23.9. The van der Waals surface area contributed by atoms with Crippen LogP contribution in [-0.2, 0) is 7.05 Å². The number of nitrogens with one attached hydrogen (secondary N) is 1. The molecule has 3 aromatic carbocycles. The summed E-state index contributed by atoms with van der Waals surface area (Å²) in [4.78, 5) is 18.7. The molecule has 0 aliphatic carbocycles. The zero-order valence-electron chi connectivity index (χ0n) is 20.0. The van der Waals surface area contributed by atoms with E-state index in [9.17, 15) is 4.79 Å². The predicted molar refractivity (Wildman–Crippen MR) is 137 cm³/mol. The SMILES string of the molecule is CCCC(NC(=O)c1c(-c2ccc(OCC)cc2)nc(-c2ccccc2)n1C)c1ccccc1. The van der Waals surface area contributed by atoms with Crippen LogP contribution in [0.4, 0.5) is 0 Å². The van der Waals surface area contributed by atoms with Crippen LogP contribution < -0.4 is 10.1 Å². The molecule has 0 spiro atoms. The van der Waals surface area contributed by atoms with E-state index in [0.29, 0.717) is 18.0 Å². The molecular formula is C29H31N3O2. The Kier molecular flexibility index (Phi) is 7.43. The van der Waals surface area contributed by atoms with Crippen LogP contribution in [0.5, 0.6) is 5.75 Å². The molecule has 1 aromatic heterocycles. The van der Waals surface area contributed by atoms with Gasteiger partial charge in [-0.15, -0.1) is 0 Å². The Labute approximate surface area is 201 Å². The van der Waals surface area contributed by atoms with Gasteiger partial charge in [0, 0.05) is 18.2 Å². The molecule has 1 amide bonds. The number of amides is 1. The second-order valence-electron chi connectivity index (χ2n) is 8.24. The van der Waals surface area contributed by atoms with E-state index in [2.05, 4.69) is 24.4 Å². The van der Waals surface area contributed by atoms with Gasteiger partial charge in [-0.3, -0.25) is 4.79 Å². The van der Waals surface area contributed by atoms with Crippen molar-refractivity contribution in [3.8, 4) is 28.4 Å². The van der Waals surface area contributed by atoms with Gasteiger partial charge in [0.15, 0.2) is 0 Å². The number of hydrogen-bond donors (Lipinski definition) is 1. The Balaban J connectivity index is 1.76. The van der Waals surface area contributed by atoms with Crippen LogP contribution in [0.15, 0.2) is 84.9 Å². The molecule has 1 atom stereocenters. The minimum absolute atomic E-state index is 0.0676. The van der Waals surface area contributed by atoms with E-state index in [0.717, 1.165) is 41.1 Å². The minimum atomic E-state index is -0.136. The summed E-state index contributed by atoms with van der Waals surface area (Å²) in [6.45, 7) is 4.69. The predicted octanol–water partition coefficient (Wildman–Crippen LogP) is 6.42. The first-order valence-corrected chi connectivity index (χ1v) is 11.8. The van der Waals surface area contributed by atoms with Crippen molar-refractivity contribution in [3.05, 3.63) is 96.2 Å². The highest BCUT2D eigenvalue weighted by Gasteiger charge is 2.25. The Hall–Kier alpha value is -3.86. The third kappa shape index (κ3) is 5.04. The fraction of sp³-hybridized carbons (Fsp3) is 0.241. The molecule has 1 unspecified atom stereocenters. The lowest BCUT2D eigenvalue weighted by molar-refractivity contribution is 0.0927. The standard InChI is InChI=1S/C29H31N3O2/c1-4-12-25(21-13-8-6-9-14-21)30-29(33)27-26(22-17-19-24(20-18-22)34-5-2)31-28(32(27)3)23-15-10-7-11-16-23/h6-11,13-20,25H,4-5,12H2,1-3H3,(H,30,33). The number of carbonyl (C=O) groups excluding carboxylic acids is 1. The number of aromatic nitrogens is 2. The first-order valence-electron chi connectivity index (χ1n) is 11.8. The largest absolute Gasteiger partial charge is 0.494 e. The third-order valence-corrected chi connectivity index (χ3v) is 5.87. The number of nitrogens with zero attached hydrogens (tertiary/aromatic N) is 2. The Bertz CT molecular complexity index is 1220. The van der Waals surface area contributed by atoms with Crippen LogP contribution in [0.25, 0.3) is 22.6 Å². The van der Waals surface area contributed by atoms with E-state index in [1.165, 1.54) is 0 Å². The molecule has 0 bridgehead atoms. The maximum absolute atomic E-state index is 13.7. The van der Waals surface area contributed by atoms with Crippen molar-refractivity contribution in [2.24, 2.45) is 7.05 Å². The molecule has 5 heteroatoms. The Morgan fingerprint density at radius 1 is 0.912 bits per heavy atom. The Morgan fingerprint density at radius 3 is 2.18 bits per heavy atom. The van der Waals surface area contributed by atoms with E-state index < -0.39 is 0 Å². The quantitative estimate of drug-likeness (QED) is 0.318. The lowest BCUT2D eigenvalue weighted by Gasteiger charge is -2.19. The van der Waals surface area contributed by atoms with E-state index in [4.69, 9.17) is 9.72 Å². The maximum Gasteiger partial charge on any atom is 0.270 e. The van der Waals surface area contributed by atoms with Gasteiger partial charge in [-0.05, 0) is 43.2 Å². The van der Waals surface area contributed by atoms with Gasteiger partial charge in [0.05, 0.1) is 12.6 Å². The van der Waals surface area contributed by atoms with Gasteiger partial charge >= 0.3 is 0 Å². The molecule has 0 radical (unpaired) electrons. The first kappa shape index (κ1) is 23.3. The molecule has 5 nitrogen and oxygen atoms in total. The van der Waals surface area contributed by atoms with Crippen LogP contribution in [0, 0.1) is 0 Å². The number of rotatable bonds is 9. The zero-order valence-corrected chi connectivity index (χ0v) is 20.0. The van der Waals surface area contributed by atoms with E-state index >= 15 is 0 Å². The second kappa shape index (κ2) is 10.8. The highest BCUT2D eigenvalue weighted by Crippen LogP contribution is 2.30. The van der Waals surface area contributed by atoms with Gasteiger partial charge in [-0.1, -0.05) is 74.0 Å². The van der Waals surface area contributed by atoms with Gasteiger partial charge in [-0.2, -0.15) is 0 Å². The topological polar surface area (TPSA) is 56.1 Å². The van der Waals surface area contributed by atoms with Crippen LogP contribution in [0.2, 0.25) is 0 Å². The fourth-order valence-corrected chi connectivity index (χ4v) is 4.20. The maximum atomic E-state index is 13.7. The number of imidazole rings is 1. The summed E-state index contributed by atoms with van der Waals surface area (Å²) in [5, 5.41) is 3.27. The number of carbonyl (C=O) groups is 1. The van der Waals surface area contributed by atoms with E-state index in [-0.39, 0.29) is 11.9 Å². The average molecular weight is 454 g/mol. The molecule has 1 heterocycles. The summed E-state index contributed by atoms with van der Waals surface area (Å²) in [6, 6.07) is 27.8. The van der Waals surface area contributed by atoms with Crippen molar-refractivity contribution in [2.75, 3.05) is 6.61 Å². The highest BCUT2D eigenvalue weighted by molar-refractivity contribution is 5.99. The van der Waals surface area contributed by atoms with Crippen LogP contribution in [-0.4, -0.2) is 22.1 Å². The Morgan fingerprint density at radius 2 is 1.56 bits per heavy atom. The molecule has 0 saturated carbocycles. The van der Waals surface area contributed by atoms with Crippen LogP contribution in [0.3, 0.4) is 0 Å². The summed E-state index contributed by atoms with van der Waals surface area (Å²) in [5.41, 5.74) is 4.14. The van der Waals surface area contributed by atoms with Crippen molar-refractivity contribution in [1.82, 2.24) is 14.9 Å². The van der Waals surface area contributed by atoms with E-state index in [1.54, 1.807) is 0 Å². The number of hydrogen-bond acceptors (Lipinski definition) is 3. The molecule has 0 saturated heterocycles. The summed E-state index contributed by atoms with van der Waals surface area (Å²) >= 11 is 0. The number of ether oxygens (including phenoxy) is 1. The smallest absolute Gasteiger partial charge is 0.270 e. The monoisotopic (exact) mass is 453 g/mol. The molecular weight excluding hydrogens is 422 g/mol. The molecule has 1 N–H and O–H groups in total. The van der Waals surface area contributed by atoms with Crippen molar-refractivity contribution < 1.29 is 9.53 Å². The van der Waals surface area contributed by atoms with Gasteiger partial charge < -0.3 is 14.6 Å². The second-order valence-corrected chi connectivity index (χ2v) is 8.24. The molecule has 0 fully saturated rings. The molecule has 34 heavy (non-hydrogen) atoms. The van der Waals surface area contributed by atoms with Crippen molar-refractivity contribution in [2.45, 2.75) is 32.7 Å². The van der Waals surface area contributed by atoms with Gasteiger partial charge in [0.1, 0.15) is 23.0 Å². The van der Waals surface area contributed by atoms with Gasteiger partial charge in [0.25, 0.3) is 5.91 Å². The van der Waals surface area contributed by atoms with E-state index in [1.807, 2.05) is 91.3 Å². The highest BCUT2D eigenvalue weighted by atomic mass is 16.5. The first-order chi connectivity index (χ1) is 16.6. The average Bonchev–Trinajstić information content (AvgIpc) is 3.22. The van der Waals surface area contributed by atoms with Gasteiger partial charge in [0.2, 0.25) is 0 Å². The molecule has 0 aliphatic rings. The summed E-state index contributed by atoms with van der Waals surface area (Å²) in [5.74, 6) is 1.41. The summed E-state index contributed by atoms with van der Waals surface area (Å²) in [7, 11) is 1.90. The fourth-order valence-electron chi connectivity index (χ4n) is 4.20. The summed E-state index contributed by atoms with van der Waals surface area (Å²) < 4.78 is 7.49. The lowest BCUT2D eigenvalue weighted by Crippen LogP contribution is -2.30. The van der Waals surface area contributed by atoms with Crippen LogP contribution in [0.1, 0.15) is 48.8 Å². The minimum Gasteiger partial charge on any atom is -0.494 e. The van der Waals surface area contributed by atoms with Crippen molar-refractivity contribution in [3.63, 3.8) is 0 Å². The molecule has 0 aliphatic heterocycles. The van der Waals surface area contributed by atoms with Crippen LogP contribution >= 0.6 is 0 Å². The summed E-state index contributed by atoms with van der Waals surface area (Å²) in [6.07, 6.45) is 1.82.